The maximum absolute atomic E-state index is 13.4. The molecular weight excluding hydrogens is 787 g/mol. The first-order valence-corrected chi connectivity index (χ1v) is 21.2. The molecule has 12 heteroatoms. The highest BCUT2D eigenvalue weighted by Crippen LogP contribution is 2.43. The largest absolute Gasteiger partial charge is 0.507 e. The van der Waals surface area contributed by atoms with Gasteiger partial charge in [0, 0.05) is 40.3 Å². The molecule has 314 valence electrons. The average Bonchev–Trinajstić information content (AvgIpc) is 3.20. The van der Waals surface area contributed by atoms with E-state index in [9.17, 15) is 27.7 Å². The second-order valence-electron chi connectivity index (χ2n) is 17.0. The molecule has 0 aliphatic heterocycles. The van der Waals surface area contributed by atoms with Crippen molar-refractivity contribution in [3.05, 3.63) is 178 Å². The van der Waals surface area contributed by atoms with Crippen molar-refractivity contribution in [2.75, 3.05) is 10.6 Å². The third-order valence-electron chi connectivity index (χ3n) is 10.3. The lowest BCUT2D eigenvalue weighted by Crippen LogP contribution is -2.22. The van der Waals surface area contributed by atoms with Crippen LogP contribution in [-0.4, -0.2) is 35.6 Å². The van der Waals surface area contributed by atoms with Crippen LogP contribution in [0, 0.1) is 0 Å². The van der Waals surface area contributed by atoms with Crippen LogP contribution in [-0.2, 0) is 38.8 Å². The molecule has 1 aliphatic carbocycles. The number of hydrogen-bond acceptors (Lipinski definition) is 8. The number of benzene rings is 5. The maximum atomic E-state index is 13.4. The van der Waals surface area contributed by atoms with Gasteiger partial charge in [-0.2, -0.15) is 8.42 Å². The Morgan fingerprint density at radius 3 is 1.87 bits per heavy atom. The molecular formula is C49H51N5O6S. The summed E-state index contributed by atoms with van der Waals surface area (Å²) >= 11 is 0. The number of rotatable bonds is 12. The fourth-order valence-corrected chi connectivity index (χ4v) is 7.88. The molecule has 0 unspecified atom stereocenters. The van der Waals surface area contributed by atoms with Crippen LogP contribution in [0.25, 0.3) is 5.57 Å². The predicted octanol–water partition coefficient (Wildman–Crippen LogP) is 9.11. The minimum Gasteiger partial charge on any atom is -0.507 e. The zero-order valence-corrected chi connectivity index (χ0v) is 35.9. The first kappa shape index (κ1) is 43.8. The van der Waals surface area contributed by atoms with Crippen LogP contribution in [0.3, 0.4) is 0 Å². The number of phenolic OH excluding ortho intramolecular Hbond substituents is 1. The minimum absolute atomic E-state index is 0.0642. The molecule has 5 aromatic rings. The summed E-state index contributed by atoms with van der Waals surface area (Å²) in [6.07, 6.45) is 4.82. The van der Waals surface area contributed by atoms with E-state index in [1.54, 1.807) is 42.5 Å². The molecule has 11 nitrogen and oxygen atoms in total. The number of amides is 2. The van der Waals surface area contributed by atoms with Gasteiger partial charge in [0.25, 0.3) is 21.9 Å². The van der Waals surface area contributed by atoms with E-state index in [-0.39, 0.29) is 34.6 Å². The highest BCUT2D eigenvalue weighted by Gasteiger charge is 2.28. The van der Waals surface area contributed by atoms with E-state index in [0.717, 1.165) is 11.1 Å². The standard InChI is InChI=1S/C49H51N5O6S/c1-48(2,3)39-25-35(26-40(45(39)55)49(4,5)6)54-34-19-20-36(43(27-34)61(58,59)60)44(32-17-21-41(37(23-32)46(50)56)52-28-30-13-9-7-10-14-30)33-18-22-42(38(24-33)47(51)57)53-29-31-15-11-8-12-16-31/h7-27,52,54-55H,28-29H2,1-6H3,(H2,50,56)(H2,51,57)(H,58,59,60). The molecule has 6 rings (SSSR count). The van der Waals surface area contributed by atoms with E-state index in [1.165, 1.54) is 12.1 Å². The number of nitrogens with zero attached hydrogens (tertiary/aromatic N) is 1. The zero-order valence-electron chi connectivity index (χ0n) is 35.1. The predicted molar refractivity (Wildman–Crippen MR) is 244 cm³/mol. The number of primary amides is 2. The van der Waals surface area contributed by atoms with Crippen LogP contribution in [0.1, 0.15) is 85.3 Å². The van der Waals surface area contributed by atoms with E-state index < -0.39 is 37.7 Å². The fourth-order valence-electron chi connectivity index (χ4n) is 7.15. The third kappa shape index (κ3) is 10.3. The summed E-state index contributed by atoms with van der Waals surface area (Å²) in [7, 11) is -4.94. The van der Waals surface area contributed by atoms with Crippen molar-refractivity contribution < 1.29 is 27.7 Å². The molecule has 1 aliphatic rings. The van der Waals surface area contributed by atoms with Gasteiger partial charge in [-0.15, -0.1) is 0 Å². The van der Waals surface area contributed by atoms with Crippen LogP contribution < -0.4 is 22.1 Å². The number of hydrogen-bond donors (Lipinski definition) is 6. The van der Waals surface area contributed by atoms with E-state index in [0.29, 0.717) is 51.6 Å². The quantitative estimate of drug-likeness (QED) is 0.0528. The Morgan fingerprint density at radius 2 is 1.31 bits per heavy atom. The Kier molecular flexibility index (Phi) is 12.5. The molecule has 0 saturated heterocycles. The van der Waals surface area contributed by atoms with Gasteiger partial charge < -0.3 is 27.2 Å². The van der Waals surface area contributed by atoms with E-state index in [2.05, 4.69) is 15.6 Å². The van der Waals surface area contributed by atoms with E-state index >= 15 is 0 Å². The van der Waals surface area contributed by atoms with Crippen LogP contribution in [0.2, 0.25) is 0 Å². The van der Waals surface area contributed by atoms with Gasteiger partial charge in [0.2, 0.25) is 0 Å². The number of nitrogens with two attached hydrogens (primary N) is 2. The van der Waals surface area contributed by atoms with Gasteiger partial charge >= 0.3 is 0 Å². The first-order valence-electron chi connectivity index (χ1n) is 19.7. The Labute approximate surface area is 357 Å². The normalized spacial score (nSPS) is 14.7. The number of carbonyl (C=O) groups excluding carboxylic acids is 2. The number of allylic oxidation sites excluding steroid dienone is 4. The Balaban J connectivity index is 1.54. The Hall–Kier alpha value is -6.76. The second kappa shape index (κ2) is 17.5. The number of anilines is 3. The van der Waals surface area contributed by atoms with Gasteiger partial charge in [-0.25, -0.2) is 0 Å². The molecule has 0 radical (unpaired) electrons. The summed E-state index contributed by atoms with van der Waals surface area (Å²) in [5.41, 5.74) is 17.2. The molecule has 61 heavy (non-hydrogen) atoms. The van der Waals surface area contributed by atoms with Crippen molar-refractivity contribution in [3.8, 4) is 5.75 Å². The van der Waals surface area contributed by atoms with Gasteiger partial charge in [-0.1, -0.05) is 120 Å². The van der Waals surface area contributed by atoms with Crippen molar-refractivity contribution in [1.82, 2.24) is 0 Å². The van der Waals surface area contributed by atoms with Crippen molar-refractivity contribution in [3.63, 3.8) is 0 Å². The lowest BCUT2D eigenvalue weighted by atomic mass is 9.79. The van der Waals surface area contributed by atoms with Gasteiger partial charge in [-0.3, -0.25) is 19.1 Å². The summed E-state index contributed by atoms with van der Waals surface area (Å²) in [4.78, 5) is 30.3. The van der Waals surface area contributed by atoms with Gasteiger partial charge in [-0.05, 0) is 87.2 Å². The average molecular weight is 838 g/mol. The molecule has 5 aromatic carbocycles. The SMILES string of the molecule is CC(C)(C)c1cc(Nc2ccc(C(=C3C=CC(=NCc4ccccc4)C(C(N)=O)=C3)c3ccc(NCc4ccccc4)c(C(N)=O)c3)c(S(=O)(=O)O)c2)cc(C(C)(C)C)c1O. The molecule has 0 bridgehead atoms. The van der Waals surface area contributed by atoms with E-state index in [4.69, 9.17) is 11.5 Å². The number of aromatic hydroxyl groups is 1. The minimum atomic E-state index is -4.94. The smallest absolute Gasteiger partial charge is 0.295 e. The monoisotopic (exact) mass is 837 g/mol. The van der Waals surface area contributed by atoms with Crippen molar-refractivity contribution in [2.24, 2.45) is 16.5 Å². The Morgan fingerprint density at radius 1 is 0.705 bits per heavy atom. The Bertz CT molecular complexity index is 2710. The third-order valence-corrected chi connectivity index (χ3v) is 11.2. The zero-order chi connectivity index (χ0) is 44.3. The lowest BCUT2D eigenvalue weighted by Gasteiger charge is -2.28. The van der Waals surface area contributed by atoms with Crippen LogP contribution in [0.15, 0.2) is 148 Å². The topological polar surface area (TPSA) is 197 Å². The molecule has 0 spiro atoms. The van der Waals surface area contributed by atoms with Crippen LogP contribution in [0.5, 0.6) is 5.75 Å². The van der Waals surface area contributed by atoms with Crippen molar-refractivity contribution in [2.45, 2.75) is 70.4 Å². The number of aliphatic imine (C=N–C) groups is 1. The first-order chi connectivity index (χ1) is 28.7. The lowest BCUT2D eigenvalue weighted by molar-refractivity contribution is -0.114. The maximum Gasteiger partial charge on any atom is 0.295 e. The summed E-state index contributed by atoms with van der Waals surface area (Å²) in [5, 5.41) is 17.9. The fraction of sp³-hybridized carbons (Fsp3) is 0.204. The van der Waals surface area contributed by atoms with Crippen molar-refractivity contribution in [1.29, 1.82) is 0 Å². The van der Waals surface area contributed by atoms with Gasteiger partial charge in [0.1, 0.15) is 10.6 Å². The molecule has 0 atom stereocenters. The van der Waals surface area contributed by atoms with Gasteiger partial charge in [0.15, 0.2) is 0 Å². The molecule has 2 amide bonds. The van der Waals surface area contributed by atoms with E-state index in [1.807, 2.05) is 114 Å². The molecule has 8 N–H and O–H groups in total. The summed E-state index contributed by atoms with van der Waals surface area (Å²) in [5.74, 6) is -1.32. The molecule has 0 heterocycles. The van der Waals surface area contributed by atoms with Crippen LogP contribution >= 0.6 is 0 Å². The summed E-state index contributed by atoms with van der Waals surface area (Å²) < 4.78 is 37.8. The molecule has 0 saturated carbocycles. The number of phenols is 1. The highest BCUT2D eigenvalue weighted by molar-refractivity contribution is 7.86. The summed E-state index contributed by atoms with van der Waals surface area (Å²) in [6.45, 7) is 12.6. The van der Waals surface area contributed by atoms with Gasteiger partial charge in [0.05, 0.1) is 23.4 Å². The number of carbonyl (C=O) groups is 2. The van der Waals surface area contributed by atoms with Crippen LogP contribution in [0.4, 0.5) is 17.1 Å². The highest BCUT2D eigenvalue weighted by atomic mass is 32.2. The molecule has 0 aromatic heterocycles. The summed E-state index contributed by atoms with van der Waals surface area (Å²) in [6, 6.07) is 32.1. The number of nitrogens with one attached hydrogen (secondary N) is 2. The second-order valence-corrected chi connectivity index (χ2v) is 18.4. The van der Waals surface area contributed by atoms with Crippen molar-refractivity contribution >= 4 is 50.3 Å². The molecule has 0 fully saturated rings.